The van der Waals surface area contributed by atoms with Crippen molar-refractivity contribution >= 4 is 22.6 Å². The Bertz CT molecular complexity index is 328. The van der Waals surface area contributed by atoms with Crippen LogP contribution < -0.4 is 0 Å². The van der Waals surface area contributed by atoms with Gasteiger partial charge in [-0.2, -0.15) is 0 Å². The number of rotatable bonds is 0. The Labute approximate surface area is 93.9 Å². The SMILES string of the molecule is Cc1cc(I)c2c(c1)CCC(C)C2. The number of hydrogen-bond donors (Lipinski definition) is 0. The van der Waals surface area contributed by atoms with Crippen molar-refractivity contribution in [2.24, 2.45) is 5.92 Å². The van der Waals surface area contributed by atoms with Gasteiger partial charge in [-0.25, -0.2) is 0 Å². The topological polar surface area (TPSA) is 0 Å². The molecule has 0 nitrogen and oxygen atoms in total. The molecule has 1 atom stereocenters. The van der Waals surface area contributed by atoms with Gasteiger partial charge < -0.3 is 0 Å². The number of halogens is 1. The summed E-state index contributed by atoms with van der Waals surface area (Å²) in [5.41, 5.74) is 4.63. The minimum absolute atomic E-state index is 0.878. The summed E-state index contributed by atoms with van der Waals surface area (Å²) >= 11 is 2.48. The lowest BCUT2D eigenvalue weighted by Crippen LogP contribution is -2.12. The lowest BCUT2D eigenvalue weighted by molar-refractivity contribution is 0.499. The lowest BCUT2D eigenvalue weighted by atomic mass is 9.84. The Morgan fingerprint density at radius 2 is 2.15 bits per heavy atom. The van der Waals surface area contributed by atoms with Gasteiger partial charge in [-0.3, -0.25) is 0 Å². The largest absolute Gasteiger partial charge is 0.0622 e. The second-order valence-electron chi connectivity index (χ2n) is 4.23. The van der Waals surface area contributed by atoms with Gasteiger partial charge >= 0.3 is 0 Å². The van der Waals surface area contributed by atoms with Gasteiger partial charge in [0.2, 0.25) is 0 Å². The van der Waals surface area contributed by atoms with Crippen LogP contribution in [-0.2, 0) is 12.8 Å². The number of aryl methyl sites for hydroxylation is 2. The lowest BCUT2D eigenvalue weighted by Gasteiger charge is -2.23. The highest BCUT2D eigenvalue weighted by atomic mass is 127. The van der Waals surface area contributed by atoms with E-state index in [1.165, 1.54) is 28.4 Å². The highest BCUT2D eigenvalue weighted by molar-refractivity contribution is 14.1. The molecule has 0 saturated carbocycles. The third-order valence-electron chi connectivity index (χ3n) is 2.89. The standard InChI is InChI=1S/C12H15I/c1-8-3-4-10-5-9(2)7-12(13)11(10)6-8/h5,7-8H,3-4,6H2,1-2H3. The van der Waals surface area contributed by atoms with Crippen LogP contribution in [0.2, 0.25) is 0 Å². The minimum atomic E-state index is 0.878. The van der Waals surface area contributed by atoms with Crippen molar-refractivity contribution in [1.29, 1.82) is 0 Å². The predicted molar refractivity (Wildman–Crippen MR) is 65.1 cm³/mol. The summed E-state index contributed by atoms with van der Waals surface area (Å²) in [6.45, 7) is 4.55. The van der Waals surface area contributed by atoms with Crippen LogP contribution in [0, 0.1) is 16.4 Å². The Hall–Kier alpha value is -0.0500. The van der Waals surface area contributed by atoms with E-state index in [0.29, 0.717) is 0 Å². The molecule has 0 bridgehead atoms. The quantitative estimate of drug-likeness (QED) is 0.638. The average Bonchev–Trinajstić information content (AvgIpc) is 2.06. The molecule has 0 aromatic heterocycles. The van der Waals surface area contributed by atoms with E-state index in [1.807, 2.05) is 0 Å². The Kier molecular flexibility index (Phi) is 2.63. The number of benzene rings is 1. The van der Waals surface area contributed by atoms with Crippen LogP contribution >= 0.6 is 22.6 Å². The Morgan fingerprint density at radius 3 is 2.92 bits per heavy atom. The molecule has 1 aromatic rings. The van der Waals surface area contributed by atoms with Crippen LogP contribution in [0.15, 0.2) is 12.1 Å². The molecule has 1 aliphatic carbocycles. The van der Waals surface area contributed by atoms with Gasteiger partial charge in [-0.05, 0) is 77.5 Å². The molecule has 0 spiro atoms. The van der Waals surface area contributed by atoms with Crippen molar-refractivity contribution < 1.29 is 0 Å². The molecule has 1 aliphatic rings. The maximum Gasteiger partial charge on any atom is 0.0167 e. The molecule has 1 unspecified atom stereocenters. The van der Waals surface area contributed by atoms with Crippen LogP contribution in [0.4, 0.5) is 0 Å². The molecule has 0 heterocycles. The molecular formula is C12H15I. The van der Waals surface area contributed by atoms with Crippen LogP contribution in [-0.4, -0.2) is 0 Å². The molecule has 0 radical (unpaired) electrons. The third kappa shape index (κ3) is 1.90. The predicted octanol–water partition coefficient (Wildman–Crippen LogP) is 3.72. The first-order valence-corrected chi connectivity index (χ1v) is 6.02. The van der Waals surface area contributed by atoms with Crippen molar-refractivity contribution in [2.45, 2.75) is 33.1 Å². The van der Waals surface area contributed by atoms with E-state index in [2.05, 4.69) is 48.6 Å². The van der Waals surface area contributed by atoms with E-state index < -0.39 is 0 Å². The normalized spacial score (nSPS) is 21.3. The molecule has 1 aromatic carbocycles. The summed E-state index contributed by atoms with van der Waals surface area (Å²) in [5, 5.41) is 0. The monoisotopic (exact) mass is 286 g/mol. The zero-order chi connectivity index (χ0) is 9.42. The molecule has 0 aliphatic heterocycles. The fourth-order valence-corrected chi connectivity index (χ4v) is 3.21. The molecule has 0 saturated heterocycles. The van der Waals surface area contributed by atoms with Gasteiger partial charge in [0.15, 0.2) is 0 Å². The van der Waals surface area contributed by atoms with E-state index in [0.717, 1.165) is 5.92 Å². The summed E-state index contributed by atoms with van der Waals surface area (Å²) in [6, 6.07) is 4.67. The summed E-state index contributed by atoms with van der Waals surface area (Å²) in [7, 11) is 0. The molecule has 0 N–H and O–H groups in total. The molecule has 2 rings (SSSR count). The Balaban J connectivity index is 2.47. The second-order valence-corrected chi connectivity index (χ2v) is 5.39. The fraction of sp³-hybridized carbons (Fsp3) is 0.500. The van der Waals surface area contributed by atoms with Gasteiger partial charge in [0.05, 0.1) is 0 Å². The highest BCUT2D eigenvalue weighted by Crippen LogP contribution is 2.29. The van der Waals surface area contributed by atoms with Crippen molar-refractivity contribution in [3.8, 4) is 0 Å². The second kappa shape index (κ2) is 3.60. The van der Waals surface area contributed by atoms with E-state index in [9.17, 15) is 0 Å². The number of hydrogen-bond acceptors (Lipinski definition) is 0. The van der Waals surface area contributed by atoms with Crippen molar-refractivity contribution in [2.75, 3.05) is 0 Å². The number of fused-ring (bicyclic) bond motifs is 1. The van der Waals surface area contributed by atoms with E-state index >= 15 is 0 Å². The van der Waals surface area contributed by atoms with Crippen LogP contribution in [0.1, 0.15) is 30.0 Å². The van der Waals surface area contributed by atoms with Crippen LogP contribution in [0.5, 0.6) is 0 Å². The Morgan fingerprint density at radius 1 is 1.38 bits per heavy atom. The van der Waals surface area contributed by atoms with Crippen molar-refractivity contribution in [3.05, 3.63) is 32.4 Å². The fourth-order valence-electron chi connectivity index (χ4n) is 2.15. The van der Waals surface area contributed by atoms with Crippen molar-refractivity contribution in [1.82, 2.24) is 0 Å². The molecular weight excluding hydrogens is 271 g/mol. The maximum absolute atomic E-state index is 2.48. The molecule has 0 amide bonds. The van der Waals surface area contributed by atoms with E-state index in [1.54, 1.807) is 11.1 Å². The van der Waals surface area contributed by atoms with Gasteiger partial charge in [0.1, 0.15) is 0 Å². The maximum atomic E-state index is 2.48. The van der Waals surface area contributed by atoms with Gasteiger partial charge in [0.25, 0.3) is 0 Å². The summed E-state index contributed by atoms with van der Waals surface area (Å²) in [5.74, 6) is 0.878. The van der Waals surface area contributed by atoms with Crippen LogP contribution in [0.3, 0.4) is 0 Å². The molecule has 13 heavy (non-hydrogen) atoms. The third-order valence-corrected chi connectivity index (χ3v) is 3.85. The molecule has 1 heteroatoms. The highest BCUT2D eigenvalue weighted by Gasteiger charge is 2.17. The van der Waals surface area contributed by atoms with E-state index in [-0.39, 0.29) is 0 Å². The van der Waals surface area contributed by atoms with Gasteiger partial charge in [0, 0.05) is 3.57 Å². The van der Waals surface area contributed by atoms with Gasteiger partial charge in [-0.15, -0.1) is 0 Å². The summed E-state index contributed by atoms with van der Waals surface area (Å²) < 4.78 is 1.47. The summed E-state index contributed by atoms with van der Waals surface area (Å²) in [4.78, 5) is 0. The molecule has 70 valence electrons. The first-order valence-electron chi connectivity index (χ1n) is 4.94. The average molecular weight is 286 g/mol. The van der Waals surface area contributed by atoms with Gasteiger partial charge in [-0.1, -0.05) is 13.0 Å². The zero-order valence-electron chi connectivity index (χ0n) is 8.23. The van der Waals surface area contributed by atoms with Crippen LogP contribution in [0.25, 0.3) is 0 Å². The smallest absolute Gasteiger partial charge is 0.0167 e. The van der Waals surface area contributed by atoms with E-state index in [4.69, 9.17) is 0 Å². The first-order chi connectivity index (χ1) is 6.16. The first kappa shape index (κ1) is 9.50. The summed E-state index contributed by atoms with van der Waals surface area (Å²) in [6.07, 6.45) is 3.94. The van der Waals surface area contributed by atoms with Crippen molar-refractivity contribution in [3.63, 3.8) is 0 Å². The molecule has 0 fully saturated rings. The minimum Gasteiger partial charge on any atom is -0.0622 e. The zero-order valence-corrected chi connectivity index (χ0v) is 10.4.